The van der Waals surface area contributed by atoms with Crippen LogP contribution in [0.4, 0.5) is 0 Å². The van der Waals surface area contributed by atoms with Gasteiger partial charge in [-0.05, 0) is 35.5 Å². The third-order valence-corrected chi connectivity index (χ3v) is 4.02. The van der Waals surface area contributed by atoms with Crippen LogP contribution < -0.4 is 5.32 Å². The van der Waals surface area contributed by atoms with Crippen molar-refractivity contribution < 1.29 is 0 Å². The van der Waals surface area contributed by atoms with E-state index >= 15 is 0 Å². The lowest BCUT2D eigenvalue weighted by atomic mass is 10.1. The first kappa shape index (κ1) is 13.3. The molecule has 0 aliphatic heterocycles. The molecule has 0 spiro atoms. The first-order valence-corrected chi connectivity index (χ1v) is 6.86. The van der Waals surface area contributed by atoms with Gasteiger partial charge < -0.3 is 9.88 Å². The second-order valence-corrected chi connectivity index (χ2v) is 5.15. The van der Waals surface area contributed by atoms with Crippen molar-refractivity contribution in [3.05, 3.63) is 40.3 Å². The van der Waals surface area contributed by atoms with Gasteiger partial charge in [0.15, 0.2) is 0 Å². The summed E-state index contributed by atoms with van der Waals surface area (Å²) in [4.78, 5) is 4.75. The van der Waals surface area contributed by atoms with Gasteiger partial charge in [0.1, 0.15) is 16.1 Å². The smallest absolute Gasteiger partial charge is 0.112 e. The molecule has 2 rings (SSSR count). The van der Waals surface area contributed by atoms with Crippen molar-refractivity contribution in [1.29, 1.82) is 0 Å². The van der Waals surface area contributed by atoms with Gasteiger partial charge in [0.25, 0.3) is 0 Å². The van der Waals surface area contributed by atoms with Crippen LogP contribution in [0.5, 0.6) is 0 Å². The lowest BCUT2D eigenvalue weighted by Crippen LogP contribution is -2.13. The van der Waals surface area contributed by atoms with Gasteiger partial charge in [0, 0.05) is 25.6 Å². The van der Waals surface area contributed by atoms with Gasteiger partial charge in [-0.1, -0.05) is 24.3 Å². The Hall–Kier alpha value is -1.13. The molecule has 1 N–H and O–H groups in total. The lowest BCUT2D eigenvalue weighted by molar-refractivity contribution is 0.713. The fourth-order valence-corrected chi connectivity index (χ4v) is 2.50. The Kier molecular flexibility index (Phi) is 4.19. The predicted octanol–water partition coefficient (Wildman–Crippen LogP) is 2.92. The highest BCUT2D eigenvalue weighted by Crippen LogP contribution is 2.30. The van der Waals surface area contributed by atoms with Gasteiger partial charge in [-0.15, -0.1) is 0 Å². The topological polar surface area (TPSA) is 29.9 Å². The molecule has 1 aromatic heterocycles. The number of benzene rings is 1. The molecule has 0 fully saturated rings. The van der Waals surface area contributed by atoms with E-state index in [1.165, 1.54) is 11.1 Å². The minimum absolute atomic E-state index is 0.928. The quantitative estimate of drug-likeness (QED) is 0.941. The Balaban J connectivity index is 2.43. The summed E-state index contributed by atoms with van der Waals surface area (Å²) in [6, 6.07) is 8.34. The van der Waals surface area contributed by atoms with Crippen molar-refractivity contribution in [3.8, 4) is 11.3 Å². The molecule has 18 heavy (non-hydrogen) atoms. The summed E-state index contributed by atoms with van der Waals surface area (Å²) in [6.45, 7) is 3.05. The monoisotopic (exact) mass is 307 g/mol. The van der Waals surface area contributed by atoms with E-state index < -0.39 is 0 Å². The molecule has 96 valence electrons. The van der Waals surface area contributed by atoms with Crippen LogP contribution in [0.3, 0.4) is 0 Å². The number of aromatic nitrogens is 2. The highest BCUT2D eigenvalue weighted by Gasteiger charge is 2.14. The van der Waals surface area contributed by atoms with E-state index in [4.69, 9.17) is 4.98 Å². The standard InChI is InChI=1S/C14H18BrN3/c1-10-6-4-5-7-11(10)13-14(15)18(3)12(17-13)8-9-16-2/h4-7,16H,8-9H2,1-3H3. The maximum atomic E-state index is 4.75. The number of imidazole rings is 1. The second-order valence-electron chi connectivity index (χ2n) is 4.39. The average molecular weight is 308 g/mol. The zero-order chi connectivity index (χ0) is 13.1. The average Bonchev–Trinajstić information content (AvgIpc) is 2.65. The van der Waals surface area contributed by atoms with Crippen LogP contribution in [-0.4, -0.2) is 23.1 Å². The molecular weight excluding hydrogens is 290 g/mol. The molecule has 1 aromatic carbocycles. The van der Waals surface area contributed by atoms with Gasteiger partial charge in [-0.25, -0.2) is 4.98 Å². The Labute approximate surface area is 116 Å². The van der Waals surface area contributed by atoms with Gasteiger partial charge >= 0.3 is 0 Å². The number of rotatable bonds is 4. The van der Waals surface area contributed by atoms with E-state index in [9.17, 15) is 0 Å². The molecule has 1 heterocycles. The van der Waals surface area contributed by atoms with Crippen LogP contribution in [-0.2, 0) is 13.5 Å². The fourth-order valence-electron chi connectivity index (χ4n) is 1.99. The minimum Gasteiger partial charge on any atom is -0.325 e. The molecule has 0 saturated heterocycles. The van der Waals surface area contributed by atoms with Gasteiger partial charge in [-0.2, -0.15) is 0 Å². The molecule has 0 unspecified atom stereocenters. The SMILES string of the molecule is CNCCc1nc(-c2ccccc2C)c(Br)n1C. The van der Waals surface area contributed by atoms with Crippen LogP contribution in [0.25, 0.3) is 11.3 Å². The number of nitrogens with one attached hydrogen (secondary N) is 1. The van der Waals surface area contributed by atoms with Crippen LogP contribution in [0.15, 0.2) is 28.9 Å². The van der Waals surface area contributed by atoms with Crippen molar-refractivity contribution in [1.82, 2.24) is 14.9 Å². The Morgan fingerprint density at radius 1 is 1.33 bits per heavy atom. The van der Waals surface area contributed by atoms with Crippen molar-refractivity contribution in [2.45, 2.75) is 13.3 Å². The molecule has 2 aromatic rings. The zero-order valence-electron chi connectivity index (χ0n) is 11.0. The van der Waals surface area contributed by atoms with Gasteiger partial charge in [0.05, 0.1) is 0 Å². The number of aryl methyl sites for hydroxylation is 1. The predicted molar refractivity (Wildman–Crippen MR) is 78.7 cm³/mol. The molecule has 0 amide bonds. The maximum Gasteiger partial charge on any atom is 0.112 e. The third kappa shape index (κ3) is 2.49. The number of halogens is 1. The summed E-state index contributed by atoms with van der Waals surface area (Å²) in [5.41, 5.74) is 3.47. The van der Waals surface area contributed by atoms with Gasteiger partial charge in [0.2, 0.25) is 0 Å². The molecule has 0 bridgehead atoms. The number of hydrogen-bond acceptors (Lipinski definition) is 2. The van der Waals surface area contributed by atoms with Crippen molar-refractivity contribution in [3.63, 3.8) is 0 Å². The summed E-state index contributed by atoms with van der Waals surface area (Å²) < 4.78 is 3.15. The molecule has 3 nitrogen and oxygen atoms in total. The van der Waals surface area contributed by atoms with Gasteiger partial charge in [-0.3, -0.25) is 0 Å². The Morgan fingerprint density at radius 3 is 2.72 bits per heavy atom. The zero-order valence-corrected chi connectivity index (χ0v) is 12.6. The van der Waals surface area contributed by atoms with Crippen LogP contribution in [0, 0.1) is 6.92 Å². The number of hydrogen-bond donors (Lipinski definition) is 1. The van der Waals surface area contributed by atoms with E-state index in [1.807, 2.05) is 14.1 Å². The Bertz CT molecular complexity index is 546. The molecular formula is C14H18BrN3. The lowest BCUT2D eigenvalue weighted by Gasteiger charge is -2.02. The molecule has 0 atom stereocenters. The molecule has 0 aliphatic carbocycles. The molecule has 0 aliphatic rings. The van der Waals surface area contributed by atoms with E-state index in [2.05, 4.69) is 57.0 Å². The maximum absolute atomic E-state index is 4.75. The first-order chi connectivity index (χ1) is 8.65. The van der Waals surface area contributed by atoms with E-state index in [1.54, 1.807) is 0 Å². The van der Waals surface area contributed by atoms with Crippen molar-refractivity contribution >= 4 is 15.9 Å². The molecule has 0 saturated carbocycles. The number of likely N-dealkylation sites (N-methyl/N-ethyl adjacent to an activating group) is 1. The van der Waals surface area contributed by atoms with Crippen molar-refractivity contribution in [2.24, 2.45) is 7.05 Å². The summed E-state index contributed by atoms with van der Waals surface area (Å²) in [5.74, 6) is 1.09. The van der Waals surface area contributed by atoms with E-state index in [0.29, 0.717) is 0 Å². The number of nitrogens with zero attached hydrogens (tertiary/aromatic N) is 2. The Morgan fingerprint density at radius 2 is 2.06 bits per heavy atom. The fraction of sp³-hybridized carbons (Fsp3) is 0.357. The molecule has 0 radical (unpaired) electrons. The normalized spacial score (nSPS) is 10.9. The summed E-state index contributed by atoms with van der Waals surface area (Å²) in [6.07, 6.45) is 0.928. The molecule has 4 heteroatoms. The highest BCUT2D eigenvalue weighted by atomic mass is 79.9. The minimum atomic E-state index is 0.928. The second kappa shape index (κ2) is 5.67. The van der Waals surface area contributed by atoms with Crippen molar-refractivity contribution in [2.75, 3.05) is 13.6 Å². The van der Waals surface area contributed by atoms with Crippen LogP contribution in [0.2, 0.25) is 0 Å². The first-order valence-electron chi connectivity index (χ1n) is 6.07. The van der Waals surface area contributed by atoms with Crippen LogP contribution >= 0.6 is 15.9 Å². The largest absolute Gasteiger partial charge is 0.325 e. The summed E-state index contributed by atoms with van der Waals surface area (Å²) in [5, 5.41) is 3.15. The highest BCUT2D eigenvalue weighted by molar-refractivity contribution is 9.10. The van der Waals surface area contributed by atoms with Crippen LogP contribution in [0.1, 0.15) is 11.4 Å². The van der Waals surface area contributed by atoms with E-state index in [0.717, 1.165) is 29.1 Å². The summed E-state index contributed by atoms with van der Waals surface area (Å²) >= 11 is 3.64. The summed E-state index contributed by atoms with van der Waals surface area (Å²) in [7, 11) is 4.00. The third-order valence-electron chi connectivity index (χ3n) is 3.12. The van der Waals surface area contributed by atoms with E-state index in [-0.39, 0.29) is 0 Å².